The SMILES string of the molecule is C/C(O)=C\C=C(/C)O.CC. The monoisotopic (exact) mass is 144 g/mol. The minimum Gasteiger partial charge on any atom is -0.513 e. The molecule has 0 rings (SSSR count). The summed E-state index contributed by atoms with van der Waals surface area (Å²) in [5.74, 6) is 0.386. The van der Waals surface area contributed by atoms with Crippen LogP contribution in [0.3, 0.4) is 0 Å². The molecule has 0 fully saturated rings. The molecule has 60 valence electrons. The van der Waals surface area contributed by atoms with Crippen LogP contribution in [-0.2, 0) is 0 Å². The van der Waals surface area contributed by atoms with E-state index in [1.165, 1.54) is 12.2 Å². The quantitative estimate of drug-likeness (QED) is 0.438. The molecule has 0 radical (unpaired) electrons. The molecule has 0 aromatic rings. The summed E-state index contributed by atoms with van der Waals surface area (Å²) in [6.07, 6.45) is 2.85. The van der Waals surface area contributed by atoms with E-state index in [9.17, 15) is 0 Å². The minimum absolute atomic E-state index is 0.193. The lowest BCUT2D eigenvalue weighted by Gasteiger charge is -1.83. The van der Waals surface area contributed by atoms with Gasteiger partial charge in [-0.2, -0.15) is 0 Å². The number of hydrogen-bond donors (Lipinski definition) is 2. The van der Waals surface area contributed by atoms with Crippen LogP contribution in [0.15, 0.2) is 23.7 Å². The van der Waals surface area contributed by atoms with Crippen LogP contribution in [0, 0.1) is 0 Å². The highest BCUT2D eigenvalue weighted by molar-refractivity contribution is 5.06. The lowest BCUT2D eigenvalue weighted by atomic mass is 10.4. The second-order valence-corrected chi connectivity index (χ2v) is 1.62. The van der Waals surface area contributed by atoms with Crippen molar-refractivity contribution in [2.45, 2.75) is 27.7 Å². The molecule has 0 amide bonds. The van der Waals surface area contributed by atoms with Gasteiger partial charge in [-0.1, -0.05) is 13.8 Å². The molecular formula is C8H16O2. The predicted molar refractivity (Wildman–Crippen MR) is 44.1 cm³/mol. The minimum atomic E-state index is 0.193. The predicted octanol–water partition coefficient (Wildman–Crippen LogP) is 2.94. The Morgan fingerprint density at radius 2 is 1.10 bits per heavy atom. The Hall–Kier alpha value is -0.920. The van der Waals surface area contributed by atoms with Crippen molar-refractivity contribution in [3.05, 3.63) is 23.7 Å². The molecule has 0 spiro atoms. The van der Waals surface area contributed by atoms with Crippen LogP contribution in [0.1, 0.15) is 27.7 Å². The Labute approximate surface area is 62.5 Å². The van der Waals surface area contributed by atoms with Crippen LogP contribution in [0.25, 0.3) is 0 Å². The molecular weight excluding hydrogens is 128 g/mol. The molecule has 0 atom stereocenters. The highest BCUT2D eigenvalue weighted by Crippen LogP contribution is 1.89. The Bertz CT molecular complexity index is 99.2. The van der Waals surface area contributed by atoms with Crippen LogP contribution in [-0.4, -0.2) is 10.2 Å². The van der Waals surface area contributed by atoms with E-state index >= 15 is 0 Å². The van der Waals surface area contributed by atoms with E-state index in [1.807, 2.05) is 13.8 Å². The standard InChI is InChI=1S/C6H10O2.C2H6/c1-5(7)3-4-6(2)8;1-2/h3-4,7-8H,1-2H3;1-2H3/b5-3+,6-4+;. The van der Waals surface area contributed by atoms with E-state index in [4.69, 9.17) is 10.2 Å². The molecule has 10 heavy (non-hydrogen) atoms. The van der Waals surface area contributed by atoms with E-state index in [-0.39, 0.29) is 11.5 Å². The summed E-state index contributed by atoms with van der Waals surface area (Å²) in [6, 6.07) is 0. The zero-order valence-electron chi connectivity index (χ0n) is 7.05. The maximum atomic E-state index is 8.51. The first-order chi connectivity index (χ1) is 4.63. The smallest absolute Gasteiger partial charge is 0.0892 e. The number of aliphatic hydroxyl groups is 2. The Kier molecular flexibility index (Phi) is 9.56. The highest BCUT2D eigenvalue weighted by atomic mass is 16.3. The van der Waals surface area contributed by atoms with Gasteiger partial charge in [-0.05, 0) is 26.0 Å². The van der Waals surface area contributed by atoms with Crippen molar-refractivity contribution in [2.75, 3.05) is 0 Å². The second-order valence-electron chi connectivity index (χ2n) is 1.62. The summed E-state index contributed by atoms with van der Waals surface area (Å²) in [6.45, 7) is 7.08. The largest absolute Gasteiger partial charge is 0.513 e. The molecule has 0 aliphatic rings. The van der Waals surface area contributed by atoms with Gasteiger partial charge in [-0.15, -0.1) is 0 Å². The Morgan fingerprint density at radius 1 is 0.900 bits per heavy atom. The van der Waals surface area contributed by atoms with Crippen molar-refractivity contribution < 1.29 is 10.2 Å². The normalized spacial score (nSPS) is 12.0. The van der Waals surface area contributed by atoms with Gasteiger partial charge < -0.3 is 10.2 Å². The fourth-order valence-electron chi connectivity index (χ4n) is 0.241. The fraction of sp³-hybridized carbons (Fsp3) is 0.500. The average Bonchev–Trinajstić information content (AvgIpc) is 1.89. The van der Waals surface area contributed by atoms with Crippen molar-refractivity contribution >= 4 is 0 Å². The molecule has 0 saturated heterocycles. The number of allylic oxidation sites excluding steroid dienone is 4. The average molecular weight is 144 g/mol. The number of rotatable bonds is 1. The summed E-state index contributed by atoms with van der Waals surface area (Å²) >= 11 is 0. The third-order valence-electron chi connectivity index (χ3n) is 0.566. The van der Waals surface area contributed by atoms with Crippen LogP contribution in [0.2, 0.25) is 0 Å². The Morgan fingerprint density at radius 3 is 1.20 bits per heavy atom. The number of aliphatic hydroxyl groups excluding tert-OH is 2. The molecule has 0 aromatic carbocycles. The molecule has 0 aliphatic heterocycles. The molecule has 0 saturated carbocycles. The molecule has 0 bridgehead atoms. The zero-order valence-corrected chi connectivity index (χ0v) is 7.05. The second kappa shape index (κ2) is 8.08. The molecule has 0 aromatic heterocycles. The van der Waals surface area contributed by atoms with Crippen LogP contribution >= 0.6 is 0 Å². The van der Waals surface area contributed by atoms with Crippen molar-refractivity contribution in [1.82, 2.24) is 0 Å². The fourth-order valence-corrected chi connectivity index (χ4v) is 0.241. The van der Waals surface area contributed by atoms with Gasteiger partial charge in [0, 0.05) is 0 Å². The molecule has 0 aliphatic carbocycles. The lowest BCUT2D eigenvalue weighted by molar-refractivity contribution is 0.406. The molecule has 0 heterocycles. The maximum Gasteiger partial charge on any atom is 0.0892 e. The van der Waals surface area contributed by atoms with Crippen molar-refractivity contribution in [3.63, 3.8) is 0 Å². The third kappa shape index (κ3) is 15.7. The summed E-state index contributed by atoms with van der Waals surface area (Å²) in [5.41, 5.74) is 0. The van der Waals surface area contributed by atoms with Crippen molar-refractivity contribution in [3.8, 4) is 0 Å². The zero-order chi connectivity index (χ0) is 8.57. The van der Waals surface area contributed by atoms with Crippen LogP contribution in [0.4, 0.5) is 0 Å². The molecule has 0 unspecified atom stereocenters. The number of hydrogen-bond acceptors (Lipinski definition) is 2. The van der Waals surface area contributed by atoms with E-state index in [0.717, 1.165) is 0 Å². The van der Waals surface area contributed by atoms with E-state index in [0.29, 0.717) is 0 Å². The Balaban J connectivity index is 0. The van der Waals surface area contributed by atoms with Gasteiger partial charge in [0.05, 0.1) is 11.5 Å². The van der Waals surface area contributed by atoms with Gasteiger partial charge >= 0.3 is 0 Å². The first kappa shape index (κ1) is 11.8. The summed E-state index contributed by atoms with van der Waals surface area (Å²) in [7, 11) is 0. The molecule has 2 nitrogen and oxygen atoms in total. The topological polar surface area (TPSA) is 40.5 Å². The third-order valence-corrected chi connectivity index (χ3v) is 0.566. The van der Waals surface area contributed by atoms with Gasteiger partial charge in [-0.3, -0.25) is 0 Å². The van der Waals surface area contributed by atoms with E-state index < -0.39 is 0 Å². The molecule has 2 heteroatoms. The van der Waals surface area contributed by atoms with Crippen molar-refractivity contribution in [2.24, 2.45) is 0 Å². The van der Waals surface area contributed by atoms with Gasteiger partial charge in [0.25, 0.3) is 0 Å². The van der Waals surface area contributed by atoms with Crippen LogP contribution in [0.5, 0.6) is 0 Å². The van der Waals surface area contributed by atoms with Crippen LogP contribution < -0.4 is 0 Å². The molecule has 2 N–H and O–H groups in total. The summed E-state index contributed by atoms with van der Waals surface area (Å²) in [4.78, 5) is 0. The highest BCUT2D eigenvalue weighted by Gasteiger charge is 1.75. The van der Waals surface area contributed by atoms with Gasteiger partial charge in [0.1, 0.15) is 0 Å². The van der Waals surface area contributed by atoms with Gasteiger partial charge in [-0.25, -0.2) is 0 Å². The summed E-state index contributed by atoms with van der Waals surface area (Å²) in [5, 5.41) is 17.0. The van der Waals surface area contributed by atoms with Crippen molar-refractivity contribution in [1.29, 1.82) is 0 Å². The maximum absolute atomic E-state index is 8.51. The first-order valence-electron chi connectivity index (χ1n) is 3.36. The first-order valence-corrected chi connectivity index (χ1v) is 3.36. The van der Waals surface area contributed by atoms with E-state index in [2.05, 4.69) is 0 Å². The van der Waals surface area contributed by atoms with Gasteiger partial charge in [0.15, 0.2) is 0 Å². The van der Waals surface area contributed by atoms with Gasteiger partial charge in [0.2, 0.25) is 0 Å². The lowest BCUT2D eigenvalue weighted by Crippen LogP contribution is -1.69. The van der Waals surface area contributed by atoms with E-state index in [1.54, 1.807) is 13.8 Å². The summed E-state index contributed by atoms with van der Waals surface area (Å²) < 4.78 is 0.